The van der Waals surface area contributed by atoms with Gasteiger partial charge in [0.25, 0.3) is 0 Å². The fourth-order valence-corrected chi connectivity index (χ4v) is 3.67. The molecule has 7 heteroatoms. The van der Waals surface area contributed by atoms with Gasteiger partial charge in [0.2, 0.25) is 11.8 Å². The average Bonchev–Trinajstić information content (AvgIpc) is 3.26. The molecule has 4 rings (SSSR count). The molecule has 0 aliphatic carbocycles. The summed E-state index contributed by atoms with van der Waals surface area (Å²) in [5.74, 6) is 0.686. The van der Waals surface area contributed by atoms with Crippen molar-refractivity contribution in [3.63, 3.8) is 0 Å². The number of hydrogen-bond donors (Lipinski definition) is 1. The Labute approximate surface area is 199 Å². The number of carbonyl (C=O) groups excluding carboxylic acids is 2. The van der Waals surface area contributed by atoms with Crippen molar-refractivity contribution in [3.05, 3.63) is 90.0 Å². The van der Waals surface area contributed by atoms with Crippen molar-refractivity contribution >= 4 is 23.7 Å². The predicted molar refractivity (Wildman–Crippen MR) is 131 cm³/mol. The van der Waals surface area contributed by atoms with E-state index >= 15 is 0 Å². The minimum Gasteiger partial charge on any atom is -0.494 e. The number of nitrogens with one attached hydrogen (secondary N) is 1. The summed E-state index contributed by atoms with van der Waals surface area (Å²) in [7, 11) is 0. The molecule has 0 bridgehead atoms. The van der Waals surface area contributed by atoms with E-state index in [1.807, 2.05) is 85.8 Å². The van der Waals surface area contributed by atoms with Crippen LogP contribution >= 0.6 is 0 Å². The molecular formula is C27H27N3O4. The summed E-state index contributed by atoms with van der Waals surface area (Å²) in [6.45, 7) is 3.32. The van der Waals surface area contributed by atoms with Gasteiger partial charge in [-0.3, -0.25) is 9.59 Å². The van der Waals surface area contributed by atoms with E-state index in [1.54, 1.807) is 11.1 Å². The molecule has 1 fully saturated rings. The normalized spacial score (nSPS) is 15.5. The second kappa shape index (κ2) is 11.1. The van der Waals surface area contributed by atoms with Crippen LogP contribution in [0.15, 0.2) is 84.0 Å². The Bertz CT molecular complexity index is 1130. The Morgan fingerprint density at radius 1 is 1.00 bits per heavy atom. The molecule has 3 aromatic rings. The molecule has 3 aromatic carbocycles. The number of carbonyl (C=O) groups is 2. The number of ether oxygens (including phenoxy) is 2. The molecule has 0 radical (unpaired) electrons. The molecule has 7 nitrogen and oxygen atoms in total. The van der Waals surface area contributed by atoms with Crippen LogP contribution in [0, 0.1) is 5.92 Å². The van der Waals surface area contributed by atoms with Crippen LogP contribution in [0.4, 0.5) is 5.69 Å². The number of hydrazone groups is 1. The van der Waals surface area contributed by atoms with Crippen molar-refractivity contribution in [2.24, 2.45) is 11.0 Å². The highest BCUT2D eigenvalue weighted by atomic mass is 16.5. The van der Waals surface area contributed by atoms with Gasteiger partial charge in [-0.25, -0.2) is 5.43 Å². The molecule has 34 heavy (non-hydrogen) atoms. The number of amides is 2. The SMILES string of the molecule is CCOc1ccc(N2C[C@@H](C(=O)N/N=C\c3ccc(OCc4ccccc4)cc3)CC2=O)cc1. The van der Waals surface area contributed by atoms with Gasteiger partial charge >= 0.3 is 0 Å². The molecule has 0 spiro atoms. The highest BCUT2D eigenvalue weighted by molar-refractivity contribution is 6.00. The standard InChI is InChI=1S/C27H27N3O4/c1-2-33-24-14-10-23(11-15-24)30-18-22(16-26(30)31)27(32)29-28-17-20-8-12-25(13-9-20)34-19-21-6-4-3-5-7-21/h3-15,17,22H,2,16,18-19H2,1H3,(H,29,32)/b28-17-/t22-/m0/s1. The largest absolute Gasteiger partial charge is 0.494 e. The van der Waals surface area contributed by atoms with Gasteiger partial charge in [-0.05, 0) is 66.6 Å². The van der Waals surface area contributed by atoms with Crippen LogP contribution in [0.2, 0.25) is 0 Å². The highest BCUT2D eigenvalue weighted by Crippen LogP contribution is 2.27. The molecule has 2 amide bonds. The first-order valence-corrected chi connectivity index (χ1v) is 11.3. The van der Waals surface area contributed by atoms with E-state index in [9.17, 15) is 9.59 Å². The predicted octanol–water partition coefficient (Wildman–Crippen LogP) is 4.17. The van der Waals surface area contributed by atoms with E-state index in [4.69, 9.17) is 9.47 Å². The van der Waals surface area contributed by atoms with Crippen LogP contribution in [0.3, 0.4) is 0 Å². The molecule has 1 aliphatic rings. The van der Waals surface area contributed by atoms with E-state index in [0.717, 1.165) is 28.3 Å². The van der Waals surface area contributed by atoms with E-state index < -0.39 is 5.92 Å². The maximum atomic E-state index is 12.5. The molecule has 1 atom stereocenters. The first-order valence-electron chi connectivity index (χ1n) is 11.3. The fourth-order valence-electron chi connectivity index (χ4n) is 3.67. The fraction of sp³-hybridized carbons (Fsp3) is 0.222. The zero-order valence-corrected chi connectivity index (χ0v) is 19.0. The summed E-state index contributed by atoms with van der Waals surface area (Å²) in [6, 6.07) is 24.7. The zero-order valence-electron chi connectivity index (χ0n) is 19.0. The van der Waals surface area contributed by atoms with Gasteiger partial charge in [0.05, 0.1) is 18.7 Å². The number of nitrogens with zero attached hydrogens (tertiary/aromatic N) is 2. The molecule has 1 heterocycles. The first-order chi connectivity index (χ1) is 16.6. The topological polar surface area (TPSA) is 80.2 Å². The van der Waals surface area contributed by atoms with E-state index in [2.05, 4.69) is 10.5 Å². The van der Waals surface area contributed by atoms with E-state index in [-0.39, 0.29) is 18.2 Å². The van der Waals surface area contributed by atoms with Crippen LogP contribution in [-0.4, -0.2) is 31.2 Å². The summed E-state index contributed by atoms with van der Waals surface area (Å²) < 4.78 is 11.2. The van der Waals surface area contributed by atoms with Crippen LogP contribution in [0.25, 0.3) is 0 Å². The monoisotopic (exact) mass is 457 g/mol. The molecule has 174 valence electrons. The third kappa shape index (κ3) is 6.01. The summed E-state index contributed by atoms with van der Waals surface area (Å²) in [4.78, 5) is 26.6. The lowest BCUT2D eigenvalue weighted by Crippen LogP contribution is -2.30. The third-order valence-corrected chi connectivity index (χ3v) is 5.47. The van der Waals surface area contributed by atoms with Crippen LogP contribution in [-0.2, 0) is 16.2 Å². The number of hydrogen-bond acceptors (Lipinski definition) is 5. The minimum atomic E-state index is -0.454. The van der Waals surface area contributed by atoms with Gasteiger partial charge < -0.3 is 14.4 Å². The van der Waals surface area contributed by atoms with Crippen LogP contribution in [0.5, 0.6) is 11.5 Å². The van der Waals surface area contributed by atoms with Gasteiger partial charge in [0, 0.05) is 18.7 Å². The van der Waals surface area contributed by atoms with Gasteiger partial charge in [0.15, 0.2) is 0 Å². The van der Waals surface area contributed by atoms with E-state index in [1.165, 1.54) is 0 Å². The Morgan fingerprint density at radius 2 is 1.68 bits per heavy atom. The number of benzene rings is 3. The van der Waals surface area contributed by atoms with Gasteiger partial charge in [0.1, 0.15) is 18.1 Å². The van der Waals surface area contributed by atoms with Crippen molar-refractivity contribution in [2.75, 3.05) is 18.1 Å². The lowest BCUT2D eigenvalue weighted by molar-refractivity contribution is -0.126. The minimum absolute atomic E-state index is 0.0839. The maximum absolute atomic E-state index is 12.5. The summed E-state index contributed by atoms with van der Waals surface area (Å²) in [5.41, 5.74) is 5.23. The van der Waals surface area contributed by atoms with E-state index in [0.29, 0.717) is 19.8 Å². The van der Waals surface area contributed by atoms with Gasteiger partial charge in [-0.2, -0.15) is 5.10 Å². The van der Waals surface area contributed by atoms with Crippen molar-refractivity contribution in [1.29, 1.82) is 0 Å². The smallest absolute Gasteiger partial charge is 0.245 e. The number of rotatable bonds is 9. The Morgan fingerprint density at radius 3 is 2.38 bits per heavy atom. The molecular weight excluding hydrogens is 430 g/mol. The Hall–Kier alpha value is -4.13. The summed E-state index contributed by atoms with van der Waals surface area (Å²) in [6.07, 6.45) is 1.72. The second-order valence-corrected chi connectivity index (χ2v) is 7.91. The molecule has 1 N–H and O–H groups in total. The van der Waals surface area contributed by atoms with Crippen LogP contribution in [0.1, 0.15) is 24.5 Å². The maximum Gasteiger partial charge on any atom is 0.245 e. The number of anilines is 1. The summed E-state index contributed by atoms with van der Waals surface area (Å²) in [5, 5.41) is 4.05. The third-order valence-electron chi connectivity index (χ3n) is 5.47. The first kappa shape index (κ1) is 23.0. The molecule has 0 saturated carbocycles. The van der Waals surface area contributed by atoms with Gasteiger partial charge in [-0.1, -0.05) is 30.3 Å². The molecule has 1 saturated heterocycles. The Kier molecular flexibility index (Phi) is 7.55. The van der Waals surface area contributed by atoms with Crippen molar-refractivity contribution in [1.82, 2.24) is 5.43 Å². The highest BCUT2D eigenvalue weighted by Gasteiger charge is 2.35. The lowest BCUT2D eigenvalue weighted by Gasteiger charge is -2.17. The van der Waals surface area contributed by atoms with Crippen molar-refractivity contribution in [2.45, 2.75) is 20.0 Å². The molecule has 1 aliphatic heterocycles. The zero-order chi connectivity index (χ0) is 23.8. The lowest BCUT2D eigenvalue weighted by atomic mass is 10.1. The summed E-state index contributed by atoms with van der Waals surface area (Å²) >= 11 is 0. The van der Waals surface area contributed by atoms with Crippen LogP contribution < -0.4 is 19.8 Å². The molecule has 0 aromatic heterocycles. The van der Waals surface area contributed by atoms with Crippen molar-refractivity contribution in [3.8, 4) is 11.5 Å². The second-order valence-electron chi connectivity index (χ2n) is 7.91. The quantitative estimate of drug-likeness (QED) is 0.386. The molecule has 0 unspecified atom stereocenters. The van der Waals surface area contributed by atoms with Crippen molar-refractivity contribution < 1.29 is 19.1 Å². The van der Waals surface area contributed by atoms with Gasteiger partial charge in [-0.15, -0.1) is 0 Å². The average molecular weight is 458 g/mol. The Balaban J connectivity index is 1.26.